The van der Waals surface area contributed by atoms with Crippen molar-refractivity contribution in [1.82, 2.24) is 9.88 Å². The summed E-state index contributed by atoms with van der Waals surface area (Å²) in [6.07, 6.45) is 3.54. The van der Waals surface area contributed by atoms with Crippen LogP contribution in [-0.2, 0) is 9.47 Å². The number of piperidine rings is 1. The zero-order valence-corrected chi connectivity index (χ0v) is 15.1. The second-order valence-electron chi connectivity index (χ2n) is 7.00. The van der Waals surface area contributed by atoms with Gasteiger partial charge in [-0.05, 0) is 45.1 Å². The van der Waals surface area contributed by atoms with E-state index in [4.69, 9.17) is 9.47 Å². The molecule has 7 heteroatoms. The van der Waals surface area contributed by atoms with Gasteiger partial charge in [0.15, 0.2) is 0 Å². The fraction of sp³-hybridized carbons (Fsp3) is 0.667. The Labute approximate surface area is 147 Å². The van der Waals surface area contributed by atoms with Gasteiger partial charge in [-0.2, -0.15) is 0 Å². The number of carbonyl (C=O) groups is 2. The summed E-state index contributed by atoms with van der Waals surface area (Å²) in [6, 6.07) is 0. The van der Waals surface area contributed by atoms with Gasteiger partial charge in [-0.3, -0.25) is 4.79 Å². The Morgan fingerprint density at radius 3 is 2.56 bits per heavy atom. The lowest BCUT2D eigenvalue weighted by Crippen LogP contribution is -2.56. The van der Waals surface area contributed by atoms with Gasteiger partial charge in [0.05, 0.1) is 17.3 Å². The highest BCUT2D eigenvalue weighted by Gasteiger charge is 2.45. The molecule has 7 nitrogen and oxygen atoms in total. The van der Waals surface area contributed by atoms with E-state index in [1.807, 2.05) is 0 Å². The number of hydrogen-bond donors (Lipinski definition) is 2. The molecule has 2 aliphatic rings. The Balaban J connectivity index is 1.74. The molecular weight excluding hydrogens is 324 g/mol. The molecule has 3 rings (SSSR count). The number of likely N-dealkylation sites (tertiary alicyclic amines) is 1. The number of nitrogens with zero attached hydrogens (tertiary/aromatic N) is 1. The van der Waals surface area contributed by atoms with Gasteiger partial charge in [0.1, 0.15) is 5.69 Å². The van der Waals surface area contributed by atoms with Crippen LogP contribution in [0, 0.1) is 13.8 Å². The summed E-state index contributed by atoms with van der Waals surface area (Å²) in [5.74, 6) is -1.16. The highest BCUT2D eigenvalue weighted by atomic mass is 16.5. The summed E-state index contributed by atoms with van der Waals surface area (Å²) >= 11 is 0. The van der Waals surface area contributed by atoms with Gasteiger partial charge < -0.3 is 24.5 Å². The number of carboxylic acid groups (broad SMARTS) is 1. The third-order valence-corrected chi connectivity index (χ3v) is 5.63. The first-order chi connectivity index (χ1) is 11.9. The van der Waals surface area contributed by atoms with Crippen molar-refractivity contribution in [3.8, 4) is 0 Å². The average Bonchev–Trinajstić information content (AvgIpc) is 2.90. The molecule has 3 heterocycles. The first-order valence-electron chi connectivity index (χ1n) is 8.78. The Morgan fingerprint density at radius 1 is 1.32 bits per heavy atom. The molecule has 2 fully saturated rings. The van der Waals surface area contributed by atoms with Gasteiger partial charge in [0, 0.05) is 32.5 Å². The molecule has 2 aliphatic heterocycles. The van der Waals surface area contributed by atoms with Crippen molar-refractivity contribution in [2.45, 2.75) is 51.2 Å². The molecular formula is C18H26N2O5. The summed E-state index contributed by atoms with van der Waals surface area (Å²) in [4.78, 5) is 28.9. The van der Waals surface area contributed by atoms with Crippen LogP contribution in [0.2, 0.25) is 0 Å². The maximum absolute atomic E-state index is 12.9. The van der Waals surface area contributed by atoms with Gasteiger partial charge >= 0.3 is 5.97 Å². The number of nitrogens with one attached hydrogen (secondary N) is 1. The lowest BCUT2D eigenvalue weighted by molar-refractivity contribution is -0.183. The van der Waals surface area contributed by atoms with Crippen molar-refractivity contribution < 1.29 is 24.2 Å². The molecule has 2 N–H and O–H groups in total. The van der Waals surface area contributed by atoms with E-state index < -0.39 is 5.97 Å². The van der Waals surface area contributed by atoms with Crippen LogP contribution in [0.1, 0.15) is 57.8 Å². The first kappa shape index (κ1) is 17.9. The second kappa shape index (κ2) is 6.80. The summed E-state index contributed by atoms with van der Waals surface area (Å²) in [7, 11) is 1.72. The van der Waals surface area contributed by atoms with Crippen molar-refractivity contribution in [3.05, 3.63) is 22.5 Å². The number of aromatic amines is 1. The Hall–Kier alpha value is -1.86. The third-order valence-electron chi connectivity index (χ3n) is 5.63. The van der Waals surface area contributed by atoms with Crippen LogP contribution in [-0.4, -0.2) is 65.4 Å². The number of H-pyrrole nitrogens is 1. The molecule has 0 saturated carbocycles. The van der Waals surface area contributed by atoms with E-state index in [0.717, 1.165) is 32.3 Å². The maximum atomic E-state index is 12.9. The van der Waals surface area contributed by atoms with E-state index in [1.165, 1.54) is 0 Å². The minimum atomic E-state index is -1.01. The van der Waals surface area contributed by atoms with E-state index in [2.05, 4.69) is 4.98 Å². The predicted molar refractivity (Wildman–Crippen MR) is 91.1 cm³/mol. The van der Waals surface area contributed by atoms with Crippen molar-refractivity contribution in [2.24, 2.45) is 0 Å². The van der Waals surface area contributed by atoms with Crippen molar-refractivity contribution >= 4 is 11.9 Å². The SMILES string of the molecule is CO[C@H]1CCCOC12CCN(C(=O)c1[nH]c(C)c(C(=O)O)c1C)CC2. The number of methoxy groups -OCH3 is 1. The number of hydrogen-bond acceptors (Lipinski definition) is 4. The Kier molecular flexibility index (Phi) is 4.88. The summed E-state index contributed by atoms with van der Waals surface area (Å²) in [6.45, 7) is 5.26. The van der Waals surface area contributed by atoms with Gasteiger partial charge in [-0.15, -0.1) is 0 Å². The number of ether oxygens (including phenoxy) is 2. The van der Waals surface area contributed by atoms with E-state index in [9.17, 15) is 14.7 Å². The maximum Gasteiger partial charge on any atom is 0.337 e. The van der Waals surface area contributed by atoms with Gasteiger partial charge in [-0.25, -0.2) is 4.79 Å². The highest BCUT2D eigenvalue weighted by Crippen LogP contribution is 2.37. The van der Waals surface area contributed by atoms with E-state index in [1.54, 1.807) is 25.9 Å². The summed E-state index contributed by atoms with van der Waals surface area (Å²) in [5, 5.41) is 9.30. The first-order valence-corrected chi connectivity index (χ1v) is 8.78. The molecule has 1 amide bonds. The predicted octanol–water partition coefficient (Wildman–Crippen LogP) is 2.13. The lowest BCUT2D eigenvalue weighted by atomic mass is 9.81. The largest absolute Gasteiger partial charge is 0.478 e. The van der Waals surface area contributed by atoms with Crippen LogP contribution in [0.5, 0.6) is 0 Å². The molecule has 1 spiro atoms. The minimum Gasteiger partial charge on any atom is -0.478 e. The molecule has 138 valence electrons. The number of carboxylic acids is 1. The van der Waals surface area contributed by atoms with Crippen LogP contribution in [0.3, 0.4) is 0 Å². The number of rotatable bonds is 3. The fourth-order valence-electron chi connectivity index (χ4n) is 4.23. The van der Waals surface area contributed by atoms with Crippen LogP contribution in [0.15, 0.2) is 0 Å². The molecule has 0 aromatic carbocycles. The van der Waals surface area contributed by atoms with E-state index in [0.29, 0.717) is 30.0 Å². The highest BCUT2D eigenvalue weighted by molar-refractivity contribution is 6.00. The van der Waals surface area contributed by atoms with Crippen molar-refractivity contribution in [2.75, 3.05) is 26.8 Å². The fourth-order valence-corrected chi connectivity index (χ4v) is 4.23. The smallest absolute Gasteiger partial charge is 0.337 e. The van der Waals surface area contributed by atoms with Gasteiger partial charge in [0.2, 0.25) is 0 Å². The number of amides is 1. The molecule has 0 unspecified atom stereocenters. The molecule has 0 aliphatic carbocycles. The summed E-state index contributed by atoms with van der Waals surface area (Å²) < 4.78 is 11.7. The summed E-state index contributed by atoms with van der Waals surface area (Å²) in [5.41, 5.74) is 1.28. The molecule has 1 atom stereocenters. The lowest BCUT2D eigenvalue weighted by Gasteiger charge is -2.47. The Bertz CT molecular complexity index is 673. The molecule has 1 aromatic rings. The van der Waals surface area contributed by atoms with Crippen molar-refractivity contribution in [1.29, 1.82) is 0 Å². The topological polar surface area (TPSA) is 91.9 Å². The second-order valence-corrected chi connectivity index (χ2v) is 7.00. The van der Waals surface area contributed by atoms with E-state index in [-0.39, 0.29) is 23.2 Å². The molecule has 2 saturated heterocycles. The normalized spacial score (nSPS) is 23.0. The standard InChI is InChI=1S/C18H26N2O5/c1-11-14(17(22)23)12(2)19-15(11)16(21)20-8-6-18(7-9-20)13(24-3)5-4-10-25-18/h13,19H,4-10H2,1-3H3,(H,22,23)/t13-/m0/s1. The van der Waals surface area contributed by atoms with Crippen LogP contribution >= 0.6 is 0 Å². The number of carbonyl (C=O) groups excluding carboxylic acids is 1. The zero-order valence-electron chi connectivity index (χ0n) is 15.1. The number of aromatic nitrogens is 1. The zero-order chi connectivity index (χ0) is 18.2. The van der Waals surface area contributed by atoms with Crippen LogP contribution in [0.25, 0.3) is 0 Å². The average molecular weight is 350 g/mol. The van der Waals surface area contributed by atoms with Crippen LogP contribution in [0.4, 0.5) is 0 Å². The van der Waals surface area contributed by atoms with E-state index >= 15 is 0 Å². The molecule has 0 radical (unpaired) electrons. The monoisotopic (exact) mass is 350 g/mol. The number of aryl methyl sites for hydroxylation is 1. The molecule has 25 heavy (non-hydrogen) atoms. The Morgan fingerprint density at radius 2 is 2.00 bits per heavy atom. The van der Waals surface area contributed by atoms with Gasteiger partial charge in [0.25, 0.3) is 5.91 Å². The van der Waals surface area contributed by atoms with Crippen LogP contribution < -0.4 is 0 Å². The number of aromatic carboxylic acids is 1. The molecule has 0 bridgehead atoms. The minimum absolute atomic E-state index is 0.0755. The van der Waals surface area contributed by atoms with Crippen molar-refractivity contribution in [3.63, 3.8) is 0 Å². The third kappa shape index (κ3) is 3.06. The molecule has 1 aromatic heterocycles. The van der Waals surface area contributed by atoms with Gasteiger partial charge in [-0.1, -0.05) is 0 Å². The quantitative estimate of drug-likeness (QED) is 0.871.